The van der Waals surface area contributed by atoms with Gasteiger partial charge in [0.15, 0.2) is 0 Å². The molecule has 25 heavy (non-hydrogen) atoms. The number of carbonyl (C=O) groups is 2. The lowest BCUT2D eigenvalue weighted by molar-refractivity contribution is -0.115. The number of hydrazone groups is 1. The van der Waals surface area contributed by atoms with Crippen LogP contribution in [0.1, 0.15) is 49.0 Å². The smallest absolute Gasteiger partial charge is 0.271 e. The molecule has 0 unspecified atom stereocenters. The second kappa shape index (κ2) is 8.78. The molecule has 5 nitrogen and oxygen atoms in total. The molecule has 0 saturated heterocycles. The summed E-state index contributed by atoms with van der Waals surface area (Å²) < 4.78 is 0. The van der Waals surface area contributed by atoms with Crippen LogP contribution in [-0.4, -0.2) is 17.5 Å². The Morgan fingerprint density at radius 1 is 1.00 bits per heavy atom. The van der Waals surface area contributed by atoms with E-state index in [2.05, 4.69) is 29.7 Å². The predicted molar refractivity (Wildman–Crippen MR) is 101 cm³/mol. The van der Waals surface area contributed by atoms with Gasteiger partial charge in [-0.3, -0.25) is 9.59 Å². The van der Waals surface area contributed by atoms with Crippen molar-refractivity contribution in [2.75, 3.05) is 5.32 Å². The standard InChI is InChI=1S/C20H23N3O2/c1-14(2)16-9-11-18(12-10-16)21-19(24)13-15(3)22-23-20(25)17-7-5-4-6-8-17/h4-12,14H,13H2,1-3H3,(H,21,24)(H,23,25)/b22-15+. The maximum Gasteiger partial charge on any atom is 0.271 e. The van der Waals surface area contributed by atoms with Gasteiger partial charge in [-0.2, -0.15) is 5.10 Å². The van der Waals surface area contributed by atoms with E-state index in [0.29, 0.717) is 17.2 Å². The normalized spacial score (nSPS) is 11.3. The Bertz CT molecular complexity index is 750. The summed E-state index contributed by atoms with van der Waals surface area (Å²) in [6.45, 7) is 5.95. The Labute approximate surface area is 148 Å². The third-order valence-electron chi connectivity index (χ3n) is 3.66. The van der Waals surface area contributed by atoms with E-state index in [1.807, 2.05) is 30.3 Å². The van der Waals surface area contributed by atoms with Crippen LogP contribution in [0.25, 0.3) is 0 Å². The van der Waals surface area contributed by atoms with Crippen molar-refractivity contribution in [3.8, 4) is 0 Å². The fraction of sp³-hybridized carbons (Fsp3) is 0.250. The van der Waals surface area contributed by atoms with Gasteiger partial charge in [0.25, 0.3) is 5.91 Å². The summed E-state index contributed by atoms with van der Waals surface area (Å²) in [6, 6.07) is 16.6. The highest BCUT2D eigenvalue weighted by Gasteiger charge is 2.07. The highest BCUT2D eigenvalue weighted by atomic mass is 16.2. The summed E-state index contributed by atoms with van der Waals surface area (Å²) in [4.78, 5) is 23.9. The van der Waals surface area contributed by atoms with E-state index in [1.165, 1.54) is 5.56 Å². The molecular weight excluding hydrogens is 314 g/mol. The number of hydrogen-bond acceptors (Lipinski definition) is 3. The van der Waals surface area contributed by atoms with Crippen molar-refractivity contribution in [1.29, 1.82) is 0 Å². The fourth-order valence-corrected chi connectivity index (χ4v) is 2.23. The summed E-state index contributed by atoms with van der Waals surface area (Å²) >= 11 is 0. The van der Waals surface area contributed by atoms with E-state index in [9.17, 15) is 9.59 Å². The maximum absolute atomic E-state index is 12.1. The molecule has 0 radical (unpaired) electrons. The zero-order valence-corrected chi connectivity index (χ0v) is 14.7. The summed E-state index contributed by atoms with van der Waals surface area (Å²) in [5, 5.41) is 6.80. The molecule has 0 aromatic heterocycles. The molecule has 2 rings (SSSR count). The van der Waals surface area contributed by atoms with Gasteiger partial charge in [-0.05, 0) is 42.7 Å². The number of anilines is 1. The molecule has 130 valence electrons. The molecule has 0 spiro atoms. The topological polar surface area (TPSA) is 70.6 Å². The van der Waals surface area contributed by atoms with Gasteiger partial charge in [0.1, 0.15) is 0 Å². The van der Waals surface area contributed by atoms with Gasteiger partial charge in [0.2, 0.25) is 5.91 Å². The maximum atomic E-state index is 12.1. The van der Waals surface area contributed by atoms with Crippen LogP contribution in [0.15, 0.2) is 59.7 Å². The first-order valence-corrected chi connectivity index (χ1v) is 8.24. The number of rotatable bonds is 6. The summed E-state index contributed by atoms with van der Waals surface area (Å²) in [6.07, 6.45) is 0.112. The molecule has 0 saturated carbocycles. The Morgan fingerprint density at radius 3 is 2.24 bits per heavy atom. The second-order valence-corrected chi connectivity index (χ2v) is 6.16. The van der Waals surface area contributed by atoms with E-state index in [4.69, 9.17) is 0 Å². The molecule has 5 heteroatoms. The average molecular weight is 337 g/mol. The fourth-order valence-electron chi connectivity index (χ4n) is 2.23. The van der Waals surface area contributed by atoms with E-state index >= 15 is 0 Å². The highest BCUT2D eigenvalue weighted by Crippen LogP contribution is 2.17. The SMILES string of the molecule is C/C(CC(=O)Nc1ccc(C(C)C)cc1)=N\NC(=O)c1ccccc1. The first kappa shape index (κ1) is 18.4. The van der Waals surface area contributed by atoms with E-state index in [-0.39, 0.29) is 18.2 Å². The van der Waals surface area contributed by atoms with Crippen LogP contribution in [0.4, 0.5) is 5.69 Å². The molecule has 0 atom stereocenters. The lowest BCUT2D eigenvalue weighted by Gasteiger charge is -2.08. The van der Waals surface area contributed by atoms with Crippen molar-refractivity contribution in [1.82, 2.24) is 5.43 Å². The first-order valence-electron chi connectivity index (χ1n) is 8.24. The summed E-state index contributed by atoms with van der Waals surface area (Å²) in [5.74, 6) is -0.0236. The van der Waals surface area contributed by atoms with Crippen molar-refractivity contribution in [2.45, 2.75) is 33.1 Å². The monoisotopic (exact) mass is 337 g/mol. The molecule has 2 aromatic rings. The van der Waals surface area contributed by atoms with Gasteiger partial charge in [0, 0.05) is 17.0 Å². The third kappa shape index (κ3) is 5.88. The summed E-state index contributed by atoms with van der Waals surface area (Å²) in [5.41, 5.74) is 5.47. The number of benzene rings is 2. The van der Waals surface area contributed by atoms with Crippen molar-refractivity contribution in [3.63, 3.8) is 0 Å². The van der Waals surface area contributed by atoms with Crippen LogP contribution in [0.2, 0.25) is 0 Å². The van der Waals surface area contributed by atoms with Gasteiger partial charge in [0.05, 0.1) is 6.42 Å². The van der Waals surface area contributed by atoms with Gasteiger partial charge in [-0.1, -0.05) is 44.2 Å². The zero-order chi connectivity index (χ0) is 18.2. The lowest BCUT2D eigenvalue weighted by atomic mass is 10.0. The second-order valence-electron chi connectivity index (χ2n) is 6.16. The van der Waals surface area contributed by atoms with Crippen molar-refractivity contribution >= 4 is 23.2 Å². The number of amides is 2. The number of nitrogens with zero attached hydrogens (tertiary/aromatic N) is 1. The first-order chi connectivity index (χ1) is 12.0. The molecule has 0 heterocycles. The van der Waals surface area contributed by atoms with Crippen LogP contribution in [0, 0.1) is 0 Å². The van der Waals surface area contributed by atoms with E-state index in [0.717, 1.165) is 5.69 Å². The molecule has 0 aliphatic carbocycles. The molecule has 0 aliphatic heterocycles. The van der Waals surface area contributed by atoms with Gasteiger partial charge < -0.3 is 5.32 Å². The van der Waals surface area contributed by atoms with Crippen LogP contribution in [0.3, 0.4) is 0 Å². The number of carbonyl (C=O) groups excluding carboxylic acids is 2. The largest absolute Gasteiger partial charge is 0.326 e. The van der Waals surface area contributed by atoms with Crippen molar-refractivity contribution < 1.29 is 9.59 Å². The third-order valence-corrected chi connectivity index (χ3v) is 3.66. The van der Waals surface area contributed by atoms with Crippen LogP contribution < -0.4 is 10.7 Å². The minimum absolute atomic E-state index is 0.112. The number of hydrogen-bond donors (Lipinski definition) is 2. The van der Waals surface area contributed by atoms with Gasteiger partial charge >= 0.3 is 0 Å². The van der Waals surface area contributed by atoms with Crippen LogP contribution in [-0.2, 0) is 4.79 Å². The number of nitrogens with one attached hydrogen (secondary N) is 2. The quantitative estimate of drug-likeness (QED) is 0.619. The van der Waals surface area contributed by atoms with Gasteiger partial charge in [-0.15, -0.1) is 0 Å². The molecule has 2 aromatic carbocycles. The van der Waals surface area contributed by atoms with E-state index < -0.39 is 0 Å². The molecule has 2 N–H and O–H groups in total. The molecule has 0 fully saturated rings. The average Bonchev–Trinajstić information content (AvgIpc) is 2.60. The Morgan fingerprint density at radius 2 is 1.64 bits per heavy atom. The Balaban J connectivity index is 1.85. The summed E-state index contributed by atoms with van der Waals surface area (Å²) in [7, 11) is 0. The molecule has 0 bridgehead atoms. The van der Waals surface area contributed by atoms with Crippen molar-refractivity contribution in [2.24, 2.45) is 5.10 Å². The molecule has 2 amide bonds. The van der Waals surface area contributed by atoms with E-state index in [1.54, 1.807) is 31.2 Å². The molecular formula is C20H23N3O2. The van der Waals surface area contributed by atoms with Crippen molar-refractivity contribution in [3.05, 3.63) is 65.7 Å². The molecule has 0 aliphatic rings. The van der Waals surface area contributed by atoms with Gasteiger partial charge in [-0.25, -0.2) is 5.43 Å². The Hall–Kier alpha value is -2.95. The van der Waals surface area contributed by atoms with Crippen LogP contribution in [0.5, 0.6) is 0 Å². The minimum atomic E-state index is -0.301. The zero-order valence-electron chi connectivity index (χ0n) is 14.7. The van der Waals surface area contributed by atoms with Crippen LogP contribution >= 0.6 is 0 Å². The highest BCUT2D eigenvalue weighted by molar-refractivity contribution is 6.06. The predicted octanol–water partition coefficient (Wildman–Crippen LogP) is 3.94. The minimum Gasteiger partial charge on any atom is -0.326 e. The lowest BCUT2D eigenvalue weighted by Crippen LogP contribution is -2.21. The Kier molecular flexibility index (Phi) is 6.46.